The number of nitrogens with zero attached hydrogens (tertiary/aromatic N) is 2. The number of unbranched alkanes of at least 4 members (excludes halogenated alkanes) is 2. The van der Waals surface area contributed by atoms with Crippen LogP contribution in [0.25, 0.3) is 10.9 Å². The smallest absolute Gasteiger partial charge is 0.228 e. The average Bonchev–Trinajstić information content (AvgIpc) is 3.37. The van der Waals surface area contributed by atoms with E-state index in [1.807, 2.05) is 24.4 Å². The van der Waals surface area contributed by atoms with Crippen molar-refractivity contribution in [2.24, 2.45) is 0 Å². The number of hydrogen-bond donors (Lipinski definition) is 1. The molecule has 0 spiro atoms. The van der Waals surface area contributed by atoms with Gasteiger partial charge in [-0.05, 0) is 80.7 Å². The Morgan fingerprint density at radius 3 is 2.75 bits per heavy atom. The third-order valence-corrected chi connectivity index (χ3v) is 5.98. The molecule has 0 bridgehead atoms. The lowest BCUT2D eigenvalue weighted by molar-refractivity contribution is 0.101. The summed E-state index contributed by atoms with van der Waals surface area (Å²) in [5, 5.41) is 1.09. The van der Waals surface area contributed by atoms with Crippen LogP contribution < -0.4 is 5.84 Å². The van der Waals surface area contributed by atoms with Gasteiger partial charge in [-0.15, -0.1) is 0 Å². The Balaban J connectivity index is 1.54. The lowest BCUT2D eigenvalue weighted by atomic mass is 9.88. The predicted octanol–water partition coefficient (Wildman–Crippen LogP) is 4.55. The molecule has 0 unspecified atom stereocenters. The monoisotopic (exact) mass is 379 g/mol. The Bertz CT molecular complexity index is 934. The largest absolute Gasteiger partial charge is 0.461 e. The van der Waals surface area contributed by atoms with Crippen molar-refractivity contribution in [3.8, 4) is 0 Å². The number of furan rings is 1. The van der Waals surface area contributed by atoms with Crippen LogP contribution >= 0.6 is 0 Å². The number of carbonyl (C=O) groups excluding carboxylic acids is 1. The van der Waals surface area contributed by atoms with Gasteiger partial charge in [0.25, 0.3) is 0 Å². The average molecular weight is 380 g/mol. The highest BCUT2D eigenvalue weighted by Crippen LogP contribution is 2.34. The number of hydrogen-bond acceptors (Lipinski definition) is 4. The Kier molecular flexibility index (Phi) is 5.53. The summed E-state index contributed by atoms with van der Waals surface area (Å²) in [6.45, 7) is 5.73. The first kappa shape index (κ1) is 18.8. The standard InChI is InChI=1S/C23H29N3O2/c1-2-3-4-11-25-12-9-17(10-13-25)20-16-26(24)21-8-7-18(15-19(20)21)23(27)22-6-5-14-28-22/h5-8,14-17H,2-4,9-13,24H2,1H3. The normalized spacial score (nSPS) is 16.0. The summed E-state index contributed by atoms with van der Waals surface area (Å²) in [6.07, 6.45) is 9.73. The lowest BCUT2D eigenvalue weighted by Crippen LogP contribution is -2.33. The van der Waals surface area contributed by atoms with Crippen LogP contribution in [0.3, 0.4) is 0 Å². The number of benzene rings is 1. The van der Waals surface area contributed by atoms with Crippen molar-refractivity contribution in [3.63, 3.8) is 0 Å². The minimum absolute atomic E-state index is 0.0895. The molecule has 4 rings (SSSR count). The minimum atomic E-state index is -0.0895. The molecule has 0 aliphatic carbocycles. The zero-order valence-electron chi connectivity index (χ0n) is 16.6. The molecule has 0 amide bonds. The highest BCUT2D eigenvalue weighted by molar-refractivity contribution is 6.09. The number of nitrogen functional groups attached to an aromatic ring is 1. The zero-order chi connectivity index (χ0) is 19.5. The number of piperidine rings is 1. The zero-order valence-corrected chi connectivity index (χ0v) is 16.6. The van der Waals surface area contributed by atoms with Crippen LogP contribution in [0.5, 0.6) is 0 Å². The molecule has 2 N–H and O–H groups in total. The van der Waals surface area contributed by atoms with Crippen LogP contribution in [0.15, 0.2) is 47.2 Å². The predicted molar refractivity (Wildman–Crippen MR) is 112 cm³/mol. The van der Waals surface area contributed by atoms with Gasteiger partial charge in [-0.3, -0.25) is 9.47 Å². The Labute approximate surface area is 166 Å². The SMILES string of the molecule is CCCCCN1CCC(c2cn(N)c3ccc(C(=O)c4ccco4)cc23)CC1. The number of ketones is 1. The summed E-state index contributed by atoms with van der Waals surface area (Å²) in [5.74, 6) is 6.98. The van der Waals surface area contributed by atoms with Gasteiger partial charge in [0.15, 0.2) is 5.76 Å². The Morgan fingerprint density at radius 2 is 2.04 bits per heavy atom. The highest BCUT2D eigenvalue weighted by atomic mass is 16.3. The second-order valence-electron chi connectivity index (χ2n) is 7.85. The first-order valence-corrected chi connectivity index (χ1v) is 10.4. The molecule has 1 aliphatic rings. The van der Waals surface area contributed by atoms with Gasteiger partial charge < -0.3 is 15.2 Å². The molecular weight excluding hydrogens is 350 g/mol. The molecule has 3 heterocycles. The molecule has 5 heteroatoms. The van der Waals surface area contributed by atoms with E-state index < -0.39 is 0 Å². The van der Waals surface area contributed by atoms with Gasteiger partial charge in [0.2, 0.25) is 5.78 Å². The Morgan fingerprint density at radius 1 is 1.21 bits per heavy atom. The molecule has 5 nitrogen and oxygen atoms in total. The number of rotatable bonds is 7. The fourth-order valence-electron chi connectivity index (χ4n) is 4.35. The van der Waals surface area contributed by atoms with Gasteiger partial charge in [0.05, 0.1) is 11.8 Å². The van der Waals surface area contributed by atoms with Gasteiger partial charge in [0.1, 0.15) is 0 Å². The second-order valence-corrected chi connectivity index (χ2v) is 7.85. The lowest BCUT2D eigenvalue weighted by Gasteiger charge is -2.32. The van der Waals surface area contributed by atoms with Crippen LogP contribution in [-0.2, 0) is 0 Å². The quantitative estimate of drug-likeness (QED) is 0.372. The van der Waals surface area contributed by atoms with Crippen molar-refractivity contribution >= 4 is 16.7 Å². The van der Waals surface area contributed by atoms with Gasteiger partial charge in [0, 0.05) is 17.1 Å². The first-order chi connectivity index (χ1) is 13.7. The minimum Gasteiger partial charge on any atom is -0.461 e. The molecule has 28 heavy (non-hydrogen) atoms. The van der Waals surface area contributed by atoms with E-state index in [4.69, 9.17) is 10.3 Å². The maximum atomic E-state index is 12.7. The van der Waals surface area contributed by atoms with Crippen LogP contribution in [-0.4, -0.2) is 35.0 Å². The van der Waals surface area contributed by atoms with E-state index >= 15 is 0 Å². The topological polar surface area (TPSA) is 64.4 Å². The van der Waals surface area contributed by atoms with Crippen molar-refractivity contribution in [1.29, 1.82) is 0 Å². The fourth-order valence-corrected chi connectivity index (χ4v) is 4.35. The third-order valence-electron chi connectivity index (χ3n) is 5.98. The fraction of sp³-hybridized carbons (Fsp3) is 0.435. The van der Waals surface area contributed by atoms with E-state index in [1.54, 1.807) is 16.8 Å². The number of aromatic nitrogens is 1. The van der Waals surface area contributed by atoms with Gasteiger partial charge >= 0.3 is 0 Å². The molecule has 1 saturated heterocycles. The van der Waals surface area contributed by atoms with Gasteiger partial charge in [-0.25, -0.2) is 0 Å². The van der Waals surface area contributed by atoms with Crippen molar-refractivity contribution in [2.75, 3.05) is 25.5 Å². The molecule has 3 aromatic rings. The first-order valence-electron chi connectivity index (χ1n) is 10.4. The summed E-state index contributed by atoms with van der Waals surface area (Å²) in [7, 11) is 0. The molecule has 0 radical (unpaired) electrons. The molecule has 1 fully saturated rings. The van der Waals surface area contributed by atoms with Crippen molar-refractivity contribution in [2.45, 2.75) is 44.9 Å². The van der Waals surface area contributed by atoms with E-state index in [2.05, 4.69) is 11.8 Å². The Hall–Kier alpha value is -2.53. The van der Waals surface area contributed by atoms with Crippen molar-refractivity contribution < 1.29 is 9.21 Å². The van der Waals surface area contributed by atoms with Crippen LogP contribution in [0.4, 0.5) is 0 Å². The molecular formula is C23H29N3O2. The second kappa shape index (κ2) is 8.23. The molecule has 0 saturated carbocycles. The summed E-state index contributed by atoms with van der Waals surface area (Å²) in [5.41, 5.74) is 2.88. The van der Waals surface area contributed by atoms with Crippen LogP contribution in [0.1, 0.15) is 66.6 Å². The van der Waals surface area contributed by atoms with E-state index in [9.17, 15) is 4.79 Å². The van der Waals surface area contributed by atoms with Crippen molar-refractivity contribution in [1.82, 2.24) is 9.58 Å². The maximum Gasteiger partial charge on any atom is 0.228 e. The van der Waals surface area contributed by atoms with Crippen LogP contribution in [0.2, 0.25) is 0 Å². The summed E-state index contributed by atoms with van der Waals surface area (Å²) in [4.78, 5) is 15.3. The van der Waals surface area contributed by atoms with Crippen LogP contribution in [0, 0.1) is 0 Å². The molecule has 148 valence electrons. The van der Waals surface area contributed by atoms with E-state index in [0.29, 0.717) is 17.2 Å². The molecule has 1 aliphatic heterocycles. The van der Waals surface area contributed by atoms with Gasteiger partial charge in [-0.1, -0.05) is 19.8 Å². The highest BCUT2D eigenvalue weighted by Gasteiger charge is 2.24. The van der Waals surface area contributed by atoms with E-state index in [-0.39, 0.29) is 5.78 Å². The maximum absolute atomic E-state index is 12.7. The summed E-state index contributed by atoms with van der Waals surface area (Å²) < 4.78 is 6.97. The third kappa shape index (κ3) is 3.72. The number of fused-ring (bicyclic) bond motifs is 1. The number of likely N-dealkylation sites (tertiary alicyclic amines) is 1. The summed E-state index contributed by atoms with van der Waals surface area (Å²) >= 11 is 0. The summed E-state index contributed by atoms with van der Waals surface area (Å²) in [6, 6.07) is 9.19. The molecule has 1 aromatic carbocycles. The number of nitrogens with two attached hydrogens (primary N) is 1. The van der Waals surface area contributed by atoms with E-state index in [1.165, 1.54) is 37.6 Å². The van der Waals surface area contributed by atoms with Gasteiger partial charge in [-0.2, -0.15) is 0 Å². The van der Waals surface area contributed by atoms with Crippen molar-refractivity contribution in [3.05, 3.63) is 59.7 Å². The molecule has 0 atom stereocenters. The molecule has 2 aromatic heterocycles. The van der Waals surface area contributed by atoms with E-state index in [0.717, 1.165) is 36.8 Å². The number of carbonyl (C=O) groups is 1.